The average Bonchev–Trinajstić information content (AvgIpc) is 2.97. The Morgan fingerprint density at radius 2 is 2.30 bits per heavy atom. The van der Waals surface area contributed by atoms with Gasteiger partial charge in [-0.3, -0.25) is 9.78 Å². The smallest absolute Gasteiger partial charge is 0.252 e. The summed E-state index contributed by atoms with van der Waals surface area (Å²) < 4.78 is 0. The van der Waals surface area contributed by atoms with Gasteiger partial charge in [-0.2, -0.15) is 0 Å². The molecule has 2 heterocycles. The third kappa shape index (κ3) is 2.44. The first-order chi connectivity index (χ1) is 9.75. The van der Waals surface area contributed by atoms with Gasteiger partial charge in [0.05, 0.1) is 16.8 Å². The summed E-state index contributed by atoms with van der Waals surface area (Å²) in [7, 11) is 0. The second kappa shape index (κ2) is 5.46. The maximum Gasteiger partial charge on any atom is 0.252 e. The lowest BCUT2D eigenvalue weighted by Gasteiger charge is -2.16. The zero-order valence-electron chi connectivity index (χ0n) is 11.2. The van der Waals surface area contributed by atoms with Crippen LogP contribution in [0.2, 0.25) is 0 Å². The van der Waals surface area contributed by atoms with E-state index in [1.54, 1.807) is 6.20 Å². The fraction of sp³-hybridized carbons (Fsp3) is 0.333. The van der Waals surface area contributed by atoms with Crippen LogP contribution in [0.4, 0.5) is 5.69 Å². The van der Waals surface area contributed by atoms with Crippen molar-refractivity contribution in [2.24, 2.45) is 5.73 Å². The predicted molar refractivity (Wildman–Crippen MR) is 79.8 cm³/mol. The number of nitrogens with one attached hydrogen (secondary N) is 2. The minimum absolute atomic E-state index is 0.446. The molecular weight excluding hydrogens is 252 g/mol. The fourth-order valence-electron chi connectivity index (χ4n) is 2.67. The maximum atomic E-state index is 11.6. The lowest BCUT2D eigenvalue weighted by atomic mass is 10.1. The number of pyridine rings is 1. The number of benzene rings is 1. The zero-order valence-corrected chi connectivity index (χ0v) is 11.2. The number of anilines is 1. The van der Waals surface area contributed by atoms with Crippen molar-refractivity contribution in [3.05, 3.63) is 36.0 Å². The summed E-state index contributed by atoms with van der Waals surface area (Å²) in [6, 6.07) is 8.20. The molecular formula is C15H18N4O. The van der Waals surface area contributed by atoms with Crippen molar-refractivity contribution >= 4 is 22.5 Å². The Hall–Kier alpha value is -2.14. The molecule has 5 nitrogen and oxygen atoms in total. The predicted octanol–water partition coefficient (Wildman–Crippen LogP) is 1.50. The molecule has 1 saturated heterocycles. The van der Waals surface area contributed by atoms with Gasteiger partial charge in [0.2, 0.25) is 0 Å². The van der Waals surface area contributed by atoms with Crippen molar-refractivity contribution in [2.75, 3.05) is 18.4 Å². The summed E-state index contributed by atoms with van der Waals surface area (Å²) in [5.74, 6) is -0.454. The number of hydrogen-bond acceptors (Lipinski definition) is 4. The third-order valence-corrected chi connectivity index (χ3v) is 3.73. The van der Waals surface area contributed by atoms with Gasteiger partial charge in [0.25, 0.3) is 5.91 Å². The van der Waals surface area contributed by atoms with E-state index in [9.17, 15) is 4.79 Å². The van der Waals surface area contributed by atoms with Crippen LogP contribution in [0, 0.1) is 0 Å². The van der Waals surface area contributed by atoms with Gasteiger partial charge >= 0.3 is 0 Å². The van der Waals surface area contributed by atoms with Crippen LogP contribution in [0.3, 0.4) is 0 Å². The molecule has 1 aliphatic rings. The first-order valence-electron chi connectivity index (χ1n) is 6.90. The van der Waals surface area contributed by atoms with Crippen molar-refractivity contribution in [3.8, 4) is 0 Å². The van der Waals surface area contributed by atoms with Crippen molar-refractivity contribution < 1.29 is 4.79 Å². The molecule has 2 aromatic rings. The summed E-state index contributed by atoms with van der Waals surface area (Å²) in [6.07, 6.45) is 3.91. The molecule has 4 N–H and O–H groups in total. The van der Waals surface area contributed by atoms with Gasteiger partial charge in [-0.05, 0) is 25.5 Å². The van der Waals surface area contributed by atoms with E-state index in [1.807, 2.05) is 24.3 Å². The molecule has 1 atom stereocenters. The highest BCUT2D eigenvalue weighted by molar-refractivity contribution is 6.06. The molecule has 3 rings (SSSR count). The number of fused-ring (bicyclic) bond motifs is 1. The van der Waals surface area contributed by atoms with Crippen LogP contribution in [-0.2, 0) is 0 Å². The van der Waals surface area contributed by atoms with E-state index in [0.717, 1.165) is 36.1 Å². The van der Waals surface area contributed by atoms with E-state index in [2.05, 4.69) is 15.6 Å². The molecule has 1 aliphatic heterocycles. The van der Waals surface area contributed by atoms with Crippen LogP contribution in [0.25, 0.3) is 10.9 Å². The van der Waals surface area contributed by atoms with Crippen molar-refractivity contribution in [2.45, 2.75) is 18.9 Å². The number of para-hydroxylation sites is 1. The molecule has 20 heavy (non-hydrogen) atoms. The highest BCUT2D eigenvalue weighted by atomic mass is 16.1. The van der Waals surface area contributed by atoms with Gasteiger partial charge in [0.1, 0.15) is 0 Å². The van der Waals surface area contributed by atoms with E-state index in [1.165, 1.54) is 6.42 Å². The number of rotatable bonds is 4. The van der Waals surface area contributed by atoms with Crippen LogP contribution in [0.1, 0.15) is 23.2 Å². The Labute approximate surface area is 117 Å². The Kier molecular flexibility index (Phi) is 3.52. The van der Waals surface area contributed by atoms with Crippen LogP contribution in [0.15, 0.2) is 30.5 Å². The number of hydrogen-bond donors (Lipinski definition) is 3. The SMILES string of the molecule is NC(=O)c1cnc2ccccc2c1NCC1CCCN1. The van der Waals surface area contributed by atoms with E-state index in [4.69, 9.17) is 5.73 Å². The number of aromatic nitrogens is 1. The Morgan fingerprint density at radius 3 is 3.05 bits per heavy atom. The highest BCUT2D eigenvalue weighted by Gasteiger charge is 2.17. The Morgan fingerprint density at radius 1 is 1.45 bits per heavy atom. The van der Waals surface area contributed by atoms with Crippen LogP contribution >= 0.6 is 0 Å². The van der Waals surface area contributed by atoms with Crippen molar-refractivity contribution in [1.29, 1.82) is 0 Å². The van der Waals surface area contributed by atoms with E-state index in [-0.39, 0.29) is 0 Å². The average molecular weight is 270 g/mol. The van der Waals surface area contributed by atoms with Crippen molar-refractivity contribution in [3.63, 3.8) is 0 Å². The summed E-state index contributed by atoms with van der Waals surface area (Å²) in [4.78, 5) is 15.9. The second-order valence-electron chi connectivity index (χ2n) is 5.10. The standard InChI is InChI=1S/C15H18N4O/c16-15(20)12-9-18-13-6-2-1-5-11(13)14(12)19-8-10-4-3-7-17-10/h1-2,5-6,9-10,17H,3-4,7-8H2,(H2,16,20)(H,18,19). The summed E-state index contributed by atoms with van der Waals surface area (Å²) >= 11 is 0. The molecule has 1 amide bonds. The highest BCUT2D eigenvalue weighted by Crippen LogP contribution is 2.25. The largest absolute Gasteiger partial charge is 0.382 e. The van der Waals surface area contributed by atoms with Crippen LogP contribution < -0.4 is 16.4 Å². The van der Waals surface area contributed by atoms with Gasteiger partial charge in [0, 0.05) is 24.2 Å². The molecule has 0 radical (unpaired) electrons. The van der Waals surface area contributed by atoms with Gasteiger partial charge in [0.15, 0.2) is 0 Å². The molecule has 1 aromatic carbocycles. The molecule has 5 heteroatoms. The van der Waals surface area contributed by atoms with E-state index >= 15 is 0 Å². The van der Waals surface area contributed by atoms with Crippen LogP contribution in [-0.4, -0.2) is 30.0 Å². The number of amides is 1. The van der Waals surface area contributed by atoms with Gasteiger partial charge in [-0.25, -0.2) is 0 Å². The summed E-state index contributed by atoms with van der Waals surface area (Å²) in [5.41, 5.74) is 7.55. The van der Waals surface area contributed by atoms with E-state index in [0.29, 0.717) is 11.6 Å². The number of carbonyl (C=O) groups is 1. The molecule has 0 spiro atoms. The second-order valence-corrected chi connectivity index (χ2v) is 5.10. The fourth-order valence-corrected chi connectivity index (χ4v) is 2.67. The Balaban J connectivity index is 1.96. The number of primary amides is 1. The Bertz CT molecular complexity index is 635. The molecule has 1 aromatic heterocycles. The number of carbonyl (C=O) groups excluding carboxylic acids is 1. The first kappa shape index (κ1) is 12.9. The van der Waals surface area contributed by atoms with E-state index < -0.39 is 5.91 Å². The van der Waals surface area contributed by atoms with Gasteiger partial charge < -0.3 is 16.4 Å². The summed E-state index contributed by atoms with van der Waals surface area (Å²) in [5, 5.41) is 7.74. The summed E-state index contributed by atoms with van der Waals surface area (Å²) in [6.45, 7) is 1.85. The topological polar surface area (TPSA) is 80.0 Å². The minimum Gasteiger partial charge on any atom is -0.382 e. The molecule has 0 saturated carbocycles. The zero-order chi connectivity index (χ0) is 13.9. The quantitative estimate of drug-likeness (QED) is 0.786. The number of nitrogens with two attached hydrogens (primary N) is 1. The van der Waals surface area contributed by atoms with Gasteiger partial charge in [-0.15, -0.1) is 0 Å². The van der Waals surface area contributed by atoms with Crippen molar-refractivity contribution in [1.82, 2.24) is 10.3 Å². The molecule has 1 unspecified atom stereocenters. The minimum atomic E-state index is -0.454. The normalized spacial score (nSPS) is 18.3. The van der Waals surface area contributed by atoms with Crippen LogP contribution in [0.5, 0.6) is 0 Å². The molecule has 0 bridgehead atoms. The molecule has 0 aliphatic carbocycles. The molecule has 104 valence electrons. The van der Waals surface area contributed by atoms with Gasteiger partial charge in [-0.1, -0.05) is 18.2 Å². The molecule has 1 fully saturated rings. The lowest BCUT2D eigenvalue weighted by Crippen LogP contribution is -2.30. The maximum absolute atomic E-state index is 11.6. The third-order valence-electron chi connectivity index (χ3n) is 3.73. The monoisotopic (exact) mass is 270 g/mol. The lowest BCUT2D eigenvalue weighted by molar-refractivity contribution is 0.100. The number of nitrogens with zero attached hydrogens (tertiary/aromatic N) is 1. The first-order valence-corrected chi connectivity index (χ1v) is 6.90.